The van der Waals surface area contributed by atoms with Gasteiger partial charge in [0.25, 0.3) is 0 Å². The van der Waals surface area contributed by atoms with Gasteiger partial charge in [-0.05, 0) is 56.6 Å². The topological polar surface area (TPSA) is 67.9 Å². The number of carbonyl (C=O) groups is 2. The Morgan fingerprint density at radius 3 is 2.74 bits per heavy atom. The van der Waals surface area contributed by atoms with Gasteiger partial charge in [-0.1, -0.05) is 12.1 Å². The van der Waals surface area contributed by atoms with Crippen molar-refractivity contribution < 1.29 is 19.1 Å². The second-order valence-corrected chi connectivity index (χ2v) is 9.22. The average Bonchev–Trinajstić information content (AvgIpc) is 3.23. The molecular weight excluding hydrogens is 412 g/mol. The molecule has 3 rings (SSSR count). The van der Waals surface area contributed by atoms with E-state index in [4.69, 9.17) is 9.47 Å². The van der Waals surface area contributed by atoms with Crippen molar-refractivity contribution in [1.29, 1.82) is 0 Å². The Morgan fingerprint density at radius 2 is 2.00 bits per heavy atom. The first-order chi connectivity index (χ1) is 15.0. The van der Waals surface area contributed by atoms with Gasteiger partial charge in [0.05, 0.1) is 4.88 Å². The predicted octanol–water partition coefficient (Wildman–Crippen LogP) is 3.83. The van der Waals surface area contributed by atoms with Gasteiger partial charge in [-0.15, -0.1) is 11.3 Å². The van der Waals surface area contributed by atoms with Crippen LogP contribution in [0.15, 0.2) is 36.4 Å². The summed E-state index contributed by atoms with van der Waals surface area (Å²) < 4.78 is 11.3. The highest BCUT2D eigenvalue weighted by molar-refractivity contribution is 7.14. The zero-order valence-electron chi connectivity index (χ0n) is 18.4. The summed E-state index contributed by atoms with van der Waals surface area (Å²) in [5.41, 5.74) is 0.976. The number of nitrogens with one attached hydrogen (secondary N) is 1. The Bertz CT molecular complexity index is 861. The van der Waals surface area contributed by atoms with Crippen LogP contribution in [0.25, 0.3) is 0 Å². The number of Topliss-reactive ketones (excluding diaryl/α,β-unsaturated/α-hetero) is 1. The van der Waals surface area contributed by atoms with Crippen molar-refractivity contribution in [2.45, 2.75) is 45.2 Å². The molecule has 1 aliphatic heterocycles. The molecule has 6 nitrogen and oxygen atoms in total. The second kappa shape index (κ2) is 12.0. The van der Waals surface area contributed by atoms with Gasteiger partial charge in [-0.2, -0.15) is 0 Å². The van der Waals surface area contributed by atoms with Crippen molar-refractivity contribution >= 4 is 23.0 Å². The van der Waals surface area contributed by atoms with Crippen LogP contribution in [0.2, 0.25) is 0 Å². The number of likely N-dealkylation sites (N-methyl/N-ethyl adjacent to an activating group) is 1. The van der Waals surface area contributed by atoms with E-state index in [1.165, 1.54) is 11.3 Å². The molecule has 1 aliphatic rings. The fourth-order valence-electron chi connectivity index (χ4n) is 3.58. The normalized spacial score (nSPS) is 14.5. The number of aryl methyl sites for hydroxylation is 1. The Morgan fingerprint density at radius 1 is 1.19 bits per heavy atom. The highest BCUT2D eigenvalue weighted by Crippen LogP contribution is 2.18. The third-order valence-corrected chi connectivity index (χ3v) is 6.55. The Balaban J connectivity index is 1.36. The van der Waals surface area contributed by atoms with Crippen LogP contribution < -0.4 is 10.1 Å². The summed E-state index contributed by atoms with van der Waals surface area (Å²) in [7, 11) is 2.13. The van der Waals surface area contributed by atoms with Crippen LogP contribution in [0.5, 0.6) is 5.75 Å². The molecule has 0 bridgehead atoms. The minimum atomic E-state index is -0.119. The second-order valence-electron chi connectivity index (χ2n) is 7.93. The third kappa shape index (κ3) is 7.76. The molecule has 0 saturated carbocycles. The van der Waals surface area contributed by atoms with E-state index in [0.29, 0.717) is 19.2 Å². The molecule has 1 amide bonds. The molecule has 0 radical (unpaired) electrons. The number of benzene rings is 1. The molecule has 1 saturated heterocycles. The first kappa shape index (κ1) is 23.4. The fraction of sp³-hybridized carbons (Fsp3) is 0.500. The van der Waals surface area contributed by atoms with E-state index >= 15 is 0 Å². The fourth-order valence-corrected chi connectivity index (χ4v) is 4.42. The number of rotatable bonds is 11. The maximum absolute atomic E-state index is 12.1. The van der Waals surface area contributed by atoms with Crippen LogP contribution in [-0.2, 0) is 16.1 Å². The lowest BCUT2D eigenvalue weighted by molar-refractivity contribution is -0.121. The number of carbonyl (C=O) groups excluding carboxylic acids is 2. The molecule has 1 N–H and O–H groups in total. The van der Waals surface area contributed by atoms with Crippen molar-refractivity contribution in [2.75, 3.05) is 33.4 Å². The van der Waals surface area contributed by atoms with E-state index in [0.717, 1.165) is 53.7 Å². The number of ketones is 1. The van der Waals surface area contributed by atoms with E-state index in [2.05, 4.69) is 17.3 Å². The molecule has 168 valence electrons. The highest BCUT2D eigenvalue weighted by atomic mass is 32.1. The Hall–Kier alpha value is -2.22. The van der Waals surface area contributed by atoms with Gasteiger partial charge in [0.15, 0.2) is 5.78 Å². The molecule has 2 heterocycles. The lowest BCUT2D eigenvalue weighted by Crippen LogP contribution is -2.38. The summed E-state index contributed by atoms with van der Waals surface area (Å²) in [4.78, 5) is 28.4. The third-order valence-electron chi connectivity index (χ3n) is 5.51. The molecule has 1 fully saturated rings. The molecule has 7 heteroatoms. The molecular formula is C24H32N2O4S. The summed E-state index contributed by atoms with van der Waals surface area (Å²) in [5, 5.41) is 2.89. The molecule has 0 spiro atoms. The van der Waals surface area contributed by atoms with E-state index in [1.54, 1.807) is 0 Å². The lowest BCUT2D eigenvalue weighted by atomic mass is 10.1. The van der Waals surface area contributed by atoms with Gasteiger partial charge in [0, 0.05) is 50.1 Å². The Labute approximate surface area is 188 Å². The predicted molar refractivity (Wildman–Crippen MR) is 123 cm³/mol. The first-order valence-electron chi connectivity index (χ1n) is 10.9. The van der Waals surface area contributed by atoms with E-state index in [-0.39, 0.29) is 24.5 Å². The summed E-state index contributed by atoms with van der Waals surface area (Å²) in [6.45, 7) is 5.55. The van der Waals surface area contributed by atoms with Crippen molar-refractivity contribution in [3.05, 3.63) is 51.7 Å². The van der Waals surface area contributed by atoms with Gasteiger partial charge in [0.2, 0.25) is 5.91 Å². The largest absolute Gasteiger partial charge is 0.492 e. The van der Waals surface area contributed by atoms with Crippen LogP contribution in [0.1, 0.15) is 45.8 Å². The zero-order valence-corrected chi connectivity index (χ0v) is 19.2. The highest BCUT2D eigenvalue weighted by Gasteiger charge is 2.18. The van der Waals surface area contributed by atoms with Gasteiger partial charge >= 0.3 is 0 Å². The minimum Gasteiger partial charge on any atom is -0.492 e. The van der Waals surface area contributed by atoms with Gasteiger partial charge in [-0.25, -0.2) is 0 Å². The van der Waals surface area contributed by atoms with Gasteiger partial charge < -0.3 is 14.8 Å². The SMILES string of the molecule is Cc1ccc(C(=O)CCC(=O)NCc2cccc(OCCN(C)C3CCOCC3)c2)s1. The number of hydrogen-bond acceptors (Lipinski definition) is 6. The summed E-state index contributed by atoms with van der Waals surface area (Å²) in [6.07, 6.45) is 2.58. The van der Waals surface area contributed by atoms with Crippen LogP contribution in [0.4, 0.5) is 0 Å². The van der Waals surface area contributed by atoms with Crippen molar-refractivity contribution in [3.8, 4) is 5.75 Å². The smallest absolute Gasteiger partial charge is 0.220 e. The van der Waals surface area contributed by atoms with Crippen LogP contribution in [0, 0.1) is 6.92 Å². The monoisotopic (exact) mass is 444 g/mol. The lowest BCUT2D eigenvalue weighted by Gasteiger charge is -2.31. The molecule has 0 unspecified atom stereocenters. The number of hydrogen-bond donors (Lipinski definition) is 1. The standard InChI is InChI=1S/C24H32N2O4S/c1-18-6-8-23(31-18)22(27)7-9-24(28)25-17-19-4-3-5-21(16-19)30-15-12-26(2)20-10-13-29-14-11-20/h3-6,8,16,20H,7,9-15,17H2,1-2H3,(H,25,28). The molecule has 1 aromatic carbocycles. The minimum absolute atomic E-state index is 0.0226. The van der Waals surface area contributed by atoms with E-state index in [9.17, 15) is 9.59 Å². The molecule has 0 atom stereocenters. The van der Waals surface area contributed by atoms with E-state index in [1.807, 2.05) is 43.3 Å². The maximum Gasteiger partial charge on any atom is 0.220 e. The van der Waals surface area contributed by atoms with E-state index < -0.39 is 0 Å². The van der Waals surface area contributed by atoms with Crippen molar-refractivity contribution in [2.24, 2.45) is 0 Å². The first-order valence-corrected chi connectivity index (χ1v) is 11.7. The van der Waals surface area contributed by atoms with Crippen molar-refractivity contribution in [3.63, 3.8) is 0 Å². The van der Waals surface area contributed by atoms with Crippen molar-refractivity contribution in [1.82, 2.24) is 10.2 Å². The van der Waals surface area contributed by atoms with Gasteiger partial charge in [0.1, 0.15) is 12.4 Å². The van der Waals surface area contributed by atoms with Gasteiger partial charge in [-0.3, -0.25) is 14.5 Å². The summed E-state index contributed by atoms with van der Waals surface area (Å²) >= 11 is 1.47. The number of thiophene rings is 1. The van der Waals surface area contributed by atoms with Crippen LogP contribution >= 0.6 is 11.3 Å². The summed E-state index contributed by atoms with van der Waals surface area (Å²) in [5.74, 6) is 0.704. The number of amides is 1. The zero-order chi connectivity index (χ0) is 22.1. The number of nitrogens with zero attached hydrogens (tertiary/aromatic N) is 1. The molecule has 1 aromatic heterocycles. The maximum atomic E-state index is 12.1. The number of ether oxygens (including phenoxy) is 2. The average molecular weight is 445 g/mol. The molecule has 2 aromatic rings. The molecule has 0 aliphatic carbocycles. The van der Waals surface area contributed by atoms with Crippen LogP contribution in [0.3, 0.4) is 0 Å². The quantitative estimate of drug-likeness (QED) is 0.534. The van der Waals surface area contributed by atoms with Crippen LogP contribution in [-0.4, -0.2) is 56.0 Å². The summed E-state index contributed by atoms with van der Waals surface area (Å²) in [6, 6.07) is 12.1. The molecule has 31 heavy (non-hydrogen) atoms. The Kier molecular flexibility index (Phi) is 9.06.